The summed E-state index contributed by atoms with van der Waals surface area (Å²) in [6.07, 6.45) is 0.698. The van der Waals surface area contributed by atoms with Crippen LogP contribution in [-0.2, 0) is 18.9 Å². The molecule has 0 atom stereocenters. The zero-order valence-electron chi connectivity index (χ0n) is 12.7. The standard InChI is InChI=1S/C7H16O4.C6H14O2/c1-9-4-5-11-7-6-10-3-2-8;1-6(2,8-3)4-5-7/h8H,2-7H2,1H3;7H,4-5H2,1-3H3. The summed E-state index contributed by atoms with van der Waals surface area (Å²) in [6.45, 7) is 6.84. The highest BCUT2D eigenvalue weighted by molar-refractivity contribution is 4.65. The number of aliphatic hydroxyl groups is 2. The van der Waals surface area contributed by atoms with Gasteiger partial charge in [0, 0.05) is 20.8 Å². The quantitative estimate of drug-likeness (QED) is 0.536. The molecule has 0 saturated carbocycles. The minimum atomic E-state index is -0.158. The molecule has 0 unspecified atom stereocenters. The summed E-state index contributed by atoms with van der Waals surface area (Å²) >= 11 is 0. The fourth-order valence-corrected chi connectivity index (χ4v) is 0.900. The second-order valence-electron chi connectivity index (χ2n) is 4.38. The Kier molecular flexibility index (Phi) is 17.5. The summed E-state index contributed by atoms with van der Waals surface area (Å²) in [5.41, 5.74) is -0.158. The Morgan fingerprint density at radius 3 is 1.68 bits per heavy atom. The first kappa shape index (κ1) is 21.1. The molecular weight excluding hydrogens is 252 g/mol. The number of aliphatic hydroxyl groups excluding tert-OH is 2. The zero-order chi connectivity index (χ0) is 15.0. The lowest BCUT2D eigenvalue weighted by Crippen LogP contribution is -2.23. The predicted octanol–water partition coefficient (Wildman–Crippen LogP) is 0.452. The van der Waals surface area contributed by atoms with E-state index in [4.69, 9.17) is 29.2 Å². The Morgan fingerprint density at radius 1 is 0.789 bits per heavy atom. The van der Waals surface area contributed by atoms with Gasteiger partial charge >= 0.3 is 0 Å². The van der Waals surface area contributed by atoms with Gasteiger partial charge in [0.25, 0.3) is 0 Å². The van der Waals surface area contributed by atoms with Gasteiger partial charge in [-0.15, -0.1) is 0 Å². The highest BCUT2D eigenvalue weighted by Crippen LogP contribution is 2.10. The SMILES string of the molecule is COC(C)(C)CCO.COCCOCCOCCO. The molecule has 0 bridgehead atoms. The minimum absolute atomic E-state index is 0.0675. The first-order valence-corrected chi connectivity index (χ1v) is 6.45. The molecule has 0 aromatic rings. The van der Waals surface area contributed by atoms with E-state index in [1.54, 1.807) is 14.2 Å². The van der Waals surface area contributed by atoms with Crippen molar-refractivity contribution in [1.82, 2.24) is 0 Å². The third-order valence-corrected chi connectivity index (χ3v) is 2.31. The van der Waals surface area contributed by atoms with E-state index >= 15 is 0 Å². The molecule has 0 saturated heterocycles. The van der Waals surface area contributed by atoms with Crippen molar-refractivity contribution in [3.63, 3.8) is 0 Å². The maximum absolute atomic E-state index is 8.45. The number of methoxy groups -OCH3 is 2. The summed E-state index contributed by atoms with van der Waals surface area (Å²) in [5, 5.41) is 16.8. The molecule has 0 heterocycles. The third-order valence-electron chi connectivity index (χ3n) is 2.31. The topological polar surface area (TPSA) is 77.4 Å². The van der Waals surface area contributed by atoms with E-state index in [-0.39, 0.29) is 18.8 Å². The number of hydrogen-bond acceptors (Lipinski definition) is 6. The van der Waals surface area contributed by atoms with Crippen LogP contribution in [0.3, 0.4) is 0 Å². The monoisotopic (exact) mass is 282 g/mol. The zero-order valence-corrected chi connectivity index (χ0v) is 12.7. The molecule has 0 aliphatic heterocycles. The van der Waals surface area contributed by atoms with Crippen molar-refractivity contribution in [2.45, 2.75) is 25.9 Å². The van der Waals surface area contributed by atoms with Gasteiger partial charge < -0.3 is 29.2 Å². The van der Waals surface area contributed by atoms with Crippen LogP contribution in [0.1, 0.15) is 20.3 Å². The number of hydrogen-bond donors (Lipinski definition) is 2. The van der Waals surface area contributed by atoms with Gasteiger partial charge in [-0.3, -0.25) is 0 Å². The molecule has 118 valence electrons. The van der Waals surface area contributed by atoms with Crippen LogP contribution in [0.25, 0.3) is 0 Å². The van der Waals surface area contributed by atoms with Gasteiger partial charge in [-0.25, -0.2) is 0 Å². The second kappa shape index (κ2) is 15.8. The smallest absolute Gasteiger partial charge is 0.0701 e. The molecule has 0 aliphatic carbocycles. The molecule has 0 fully saturated rings. The first-order chi connectivity index (χ1) is 9.04. The maximum Gasteiger partial charge on any atom is 0.0701 e. The number of ether oxygens (including phenoxy) is 4. The van der Waals surface area contributed by atoms with Crippen molar-refractivity contribution in [2.24, 2.45) is 0 Å². The van der Waals surface area contributed by atoms with E-state index < -0.39 is 0 Å². The van der Waals surface area contributed by atoms with Crippen LogP contribution in [0, 0.1) is 0 Å². The summed E-state index contributed by atoms with van der Waals surface area (Å²) in [7, 11) is 3.28. The largest absolute Gasteiger partial charge is 0.396 e. The van der Waals surface area contributed by atoms with Gasteiger partial charge in [0.15, 0.2) is 0 Å². The minimum Gasteiger partial charge on any atom is -0.396 e. The molecule has 0 aromatic carbocycles. The molecule has 2 N–H and O–H groups in total. The Labute approximate surface area is 116 Å². The fourth-order valence-electron chi connectivity index (χ4n) is 0.900. The van der Waals surface area contributed by atoms with Crippen molar-refractivity contribution >= 4 is 0 Å². The van der Waals surface area contributed by atoms with Gasteiger partial charge in [-0.1, -0.05) is 0 Å². The Balaban J connectivity index is 0. The Morgan fingerprint density at radius 2 is 1.32 bits per heavy atom. The average Bonchev–Trinajstić information content (AvgIpc) is 2.39. The average molecular weight is 282 g/mol. The van der Waals surface area contributed by atoms with E-state index in [1.165, 1.54) is 0 Å². The van der Waals surface area contributed by atoms with Crippen LogP contribution >= 0.6 is 0 Å². The van der Waals surface area contributed by atoms with Crippen LogP contribution in [0.15, 0.2) is 0 Å². The Bertz CT molecular complexity index is 155. The summed E-state index contributed by atoms with van der Waals surface area (Å²) in [4.78, 5) is 0. The highest BCUT2D eigenvalue weighted by Gasteiger charge is 2.13. The lowest BCUT2D eigenvalue weighted by atomic mass is 10.1. The fraction of sp³-hybridized carbons (Fsp3) is 1.00. The molecule has 6 heteroatoms. The van der Waals surface area contributed by atoms with Gasteiger partial charge in [0.2, 0.25) is 0 Å². The van der Waals surface area contributed by atoms with Gasteiger partial charge in [-0.05, 0) is 20.3 Å². The van der Waals surface area contributed by atoms with E-state index in [9.17, 15) is 0 Å². The molecule has 19 heavy (non-hydrogen) atoms. The van der Waals surface area contributed by atoms with Crippen LogP contribution in [0.4, 0.5) is 0 Å². The van der Waals surface area contributed by atoms with Crippen molar-refractivity contribution in [1.29, 1.82) is 0 Å². The van der Waals surface area contributed by atoms with Crippen molar-refractivity contribution in [3.05, 3.63) is 0 Å². The van der Waals surface area contributed by atoms with E-state index in [0.29, 0.717) is 39.5 Å². The summed E-state index contributed by atoms with van der Waals surface area (Å²) < 4.78 is 19.8. The lowest BCUT2D eigenvalue weighted by molar-refractivity contribution is 0.00293. The molecular formula is C13H30O6. The Hall–Kier alpha value is -0.240. The van der Waals surface area contributed by atoms with E-state index in [0.717, 1.165) is 0 Å². The van der Waals surface area contributed by atoms with Crippen molar-refractivity contribution in [2.75, 3.05) is 60.5 Å². The summed E-state index contributed by atoms with van der Waals surface area (Å²) in [6, 6.07) is 0. The van der Waals surface area contributed by atoms with E-state index in [1.807, 2.05) is 13.8 Å². The predicted molar refractivity (Wildman–Crippen MR) is 73.4 cm³/mol. The van der Waals surface area contributed by atoms with Crippen molar-refractivity contribution < 1.29 is 29.2 Å². The third kappa shape index (κ3) is 20.2. The number of rotatable bonds is 11. The molecule has 0 radical (unpaired) electrons. The van der Waals surface area contributed by atoms with E-state index in [2.05, 4.69) is 0 Å². The normalized spacial score (nSPS) is 11.1. The molecule has 0 aromatic heterocycles. The maximum atomic E-state index is 8.45. The van der Waals surface area contributed by atoms with Gasteiger partial charge in [-0.2, -0.15) is 0 Å². The van der Waals surface area contributed by atoms with Crippen molar-refractivity contribution in [3.8, 4) is 0 Å². The van der Waals surface area contributed by atoms with Crippen LogP contribution in [0.5, 0.6) is 0 Å². The van der Waals surface area contributed by atoms with Gasteiger partial charge in [0.1, 0.15) is 0 Å². The first-order valence-electron chi connectivity index (χ1n) is 6.45. The summed E-state index contributed by atoms with van der Waals surface area (Å²) in [5.74, 6) is 0. The second-order valence-corrected chi connectivity index (χ2v) is 4.38. The molecule has 6 nitrogen and oxygen atoms in total. The lowest BCUT2D eigenvalue weighted by Gasteiger charge is -2.20. The molecule has 0 aliphatic rings. The van der Waals surface area contributed by atoms with Crippen LogP contribution in [-0.4, -0.2) is 76.3 Å². The highest BCUT2D eigenvalue weighted by atomic mass is 16.5. The van der Waals surface area contributed by atoms with Crippen LogP contribution in [0.2, 0.25) is 0 Å². The molecule has 0 rings (SSSR count). The van der Waals surface area contributed by atoms with Crippen LogP contribution < -0.4 is 0 Å². The van der Waals surface area contributed by atoms with Gasteiger partial charge in [0.05, 0.1) is 45.2 Å². The molecule has 0 spiro atoms. The molecule has 0 amide bonds.